The number of nitrogens with one attached hydrogen (secondary N) is 1. The first-order valence-corrected chi connectivity index (χ1v) is 9.86. The normalized spacial score (nSPS) is 10.6. The average molecular weight is 403 g/mol. The van der Waals surface area contributed by atoms with Crippen molar-refractivity contribution in [2.75, 3.05) is 18.0 Å². The Labute approximate surface area is 175 Å². The van der Waals surface area contributed by atoms with Crippen LogP contribution < -0.4 is 16.0 Å². The molecule has 6 heteroatoms. The Balaban J connectivity index is 1.62. The van der Waals surface area contributed by atoms with Crippen molar-refractivity contribution in [3.05, 3.63) is 77.9 Å². The molecule has 0 aliphatic heterocycles. The van der Waals surface area contributed by atoms with E-state index >= 15 is 0 Å². The summed E-state index contributed by atoms with van der Waals surface area (Å²) in [5, 5.41) is 4.85. The summed E-state index contributed by atoms with van der Waals surface area (Å²) in [6.07, 6.45) is 0.190. The number of hydrogen-bond donors (Lipinski definition) is 2. The summed E-state index contributed by atoms with van der Waals surface area (Å²) < 4.78 is 0. The van der Waals surface area contributed by atoms with Crippen LogP contribution in [0.5, 0.6) is 0 Å². The van der Waals surface area contributed by atoms with E-state index in [9.17, 15) is 14.4 Å². The lowest BCUT2D eigenvalue weighted by molar-refractivity contribution is -0.119. The molecule has 0 spiro atoms. The fraction of sp³-hybridized carbons (Fsp3) is 0.208. The largest absolute Gasteiger partial charge is 0.370 e. The molecule has 0 aromatic heterocycles. The molecule has 0 aliphatic rings. The Morgan fingerprint density at radius 3 is 2.40 bits per heavy atom. The maximum absolute atomic E-state index is 12.8. The van der Waals surface area contributed by atoms with Crippen molar-refractivity contribution in [1.29, 1.82) is 0 Å². The minimum absolute atomic E-state index is 0.0726. The summed E-state index contributed by atoms with van der Waals surface area (Å²) in [4.78, 5) is 38.0. The van der Waals surface area contributed by atoms with E-state index in [2.05, 4.69) is 5.32 Å². The van der Waals surface area contributed by atoms with Gasteiger partial charge < -0.3 is 16.0 Å². The van der Waals surface area contributed by atoms with Crippen molar-refractivity contribution >= 4 is 34.2 Å². The van der Waals surface area contributed by atoms with Crippen LogP contribution in [0.1, 0.15) is 28.8 Å². The summed E-state index contributed by atoms with van der Waals surface area (Å²) in [7, 11) is 0. The zero-order valence-electron chi connectivity index (χ0n) is 16.9. The molecule has 0 aliphatic carbocycles. The number of carbonyl (C=O) groups is 3. The Hall–Kier alpha value is -3.67. The van der Waals surface area contributed by atoms with Gasteiger partial charge in [0.05, 0.1) is 0 Å². The van der Waals surface area contributed by atoms with Crippen LogP contribution in [0.15, 0.2) is 66.7 Å². The highest BCUT2D eigenvalue weighted by Crippen LogP contribution is 2.18. The van der Waals surface area contributed by atoms with E-state index in [4.69, 9.17) is 5.73 Å². The number of hydrogen-bond acceptors (Lipinski definition) is 3. The van der Waals surface area contributed by atoms with Gasteiger partial charge in [-0.1, -0.05) is 42.5 Å². The molecule has 3 aromatic carbocycles. The first kappa shape index (κ1) is 21.0. The highest BCUT2D eigenvalue weighted by Gasteiger charge is 2.17. The Morgan fingerprint density at radius 1 is 0.900 bits per heavy atom. The number of aryl methyl sites for hydroxylation is 1. The summed E-state index contributed by atoms with van der Waals surface area (Å²) in [6, 6.07) is 20.8. The van der Waals surface area contributed by atoms with Crippen molar-refractivity contribution in [3.8, 4) is 0 Å². The van der Waals surface area contributed by atoms with Gasteiger partial charge in [0.15, 0.2) is 0 Å². The molecule has 0 bridgehead atoms. The second kappa shape index (κ2) is 9.69. The average Bonchev–Trinajstić information content (AvgIpc) is 2.73. The molecule has 0 unspecified atom stereocenters. The van der Waals surface area contributed by atoms with Gasteiger partial charge in [-0.3, -0.25) is 14.4 Å². The lowest BCUT2D eigenvalue weighted by atomic mass is 10.1. The van der Waals surface area contributed by atoms with Gasteiger partial charge in [-0.25, -0.2) is 0 Å². The molecule has 3 N–H and O–H groups in total. The zero-order chi connectivity index (χ0) is 21.5. The summed E-state index contributed by atoms with van der Waals surface area (Å²) in [5.41, 5.74) is 7.52. The predicted molar refractivity (Wildman–Crippen MR) is 118 cm³/mol. The molecule has 0 radical (unpaired) electrons. The van der Waals surface area contributed by atoms with Gasteiger partial charge in [0.1, 0.15) is 0 Å². The fourth-order valence-electron chi connectivity index (χ4n) is 3.27. The van der Waals surface area contributed by atoms with Gasteiger partial charge in [-0.2, -0.15) is 0 Å². The third-order valence-corrected chi connectivity index (χ3v) is 4.83. The Morgan fingerprint density at radius 2 is 1.67 bits per heavy atom. The van der Waals surface area contributed by atoms with Crippen LogP contribution in [0, 0.1) is 6.92 Å². The molecular formula is C24H25N3O3. The van der Waals surface area contributed by atoms with E-state index in [1.807, 2.05) is 67.6 Å². The third kappa shape index (κ3) is 5.44. The van der Waals surface area contributed by atoms with Gasteiger partial charge in [0.2, 0.25) is 11.8 Å². The standard InChI is InChI=1S/C24H25N3O3/c1-17-5-4-8-21(15-17)27(14-12-22(25)28)23(29)11-13-26-24(30)20-10-9-18-6-2-3-7-19(18)16-20/h2-10,15-16H,11-14H2,1H3,(H2,25,28)(H,26,30). The van der Waals surface area contributed by atoms with Crippen LogP contribution in [-0.4, -0.2) is 30.8 Å². The SMILES string of the molecule is Cc1cccc(N(CCC(N)=O)C(=O)CCNC(=O)c2ccc3ccccc3c2)c1. The molecule has 6 nitrogen and oxygen atoms in total. The number of anilines is 1. The van der Waals surface area contributed by atoms with E-state index < -0.39 is 5.91 Å². The van der Waals surface area contributed by atoms with Crippen LogP contribution in [0.2, 0.25) is 0 Å². The molecule has 0 atom stereocenters. The monoisotopic (exact) mass is 403 g/mol. The minimum atomic E-state index is -0.468. The van der Waals surface area contributed by atoms with Gasteiger partial charge in [0.25, 0.3) is 5.91 Å². The number of nitrogens with zero attached hydrogens (tertiary/aromatic N) is 1. The second-order valence-corrected chi connectivity index (χ2v) is 7.17. The molecular weight excluding hydrogens is 378 g/mol. The highest BCUT2D eigenvalue weighted by atomic mass is 16.2. The lowest BCUT2D eigenvalue weighted by Gasteiger charge is -2.23. The fourth-order valence-corrected chi connectivity index (χ4v) is 3.27. The quantitative estimate of drug-likeness (QED) is 0.605. The van der Waals surface area contributed by atoms with Crippen LogP contribution in [0.4, 0.5) is 5.69 Å². The minimum Gasteiger partial charge on any atom is -0.370 e. The van der Waals surface area contributed by atoms with Gasteiger partial charge in [-0.05, 0) is 47.5 Å². The Kier molecular flexibility index (Phi) is 6.80. The zero-order valence-corrected chi connectivity index (χ0v) is 16.9. The van der Waals surface area contributed by atoms with Crippen molar-refractivity contribution in [1.82, 2.24) is 5.32 Å². The first-order chi connectivity index (χ1) is 14.4. The van der Waals surface area contributed by atoms with Crippen LogP contribution in [-0.2, 0) is 9.59 Å². The maximum atomic E-state index is 12.8. The van der Waals surface area contributed by atoms with Crippen molar-refractivity contribution in [2.24, 2.45) is 5.73 Å². The smallest absolute Gasteiger partial charge is 0.251 e. The third-order valence-electron chi connectivity index (χ3n) is 4.83. The summed E-state index contributed by atoms with van der Waals surface area (Å²) in [6.45, 7) is 2.34. The van der Waals surface area contributed by atoms with Crippen molar-refractivity contribution in [2.45, 2.75) is 19.8 Å². The lowest BCUT2D eigenvalue weighted by Crippen LogP contribution is -2.36. The summed E-state index contributed by atoms with van der Waals surface area (Å²) in [5.74, 6) is -0.876. The molecule has 3 rings (SSSR count). The van der Waals surface area contributed by atoms with Crippen LogP contribution in [0.25, 0.3) is 10.8 Å². The molecule has 0 saturated carbocycles. The maximum Gasteiger partial charge on any atom is 0.251 e. The van der Waals surface area contributed by atoms with Gasteiger partial charge in [-0.15, -0.1) is 0 Å². The number of primary amides is 1. The molecule has 30 heavy (non-hydrogen) atoms. The number of carbonyl (C=O) groups excluding carboxylic acids is 3. The van der Waals surface area contributed by atoms with E-state index in [0.29, 0.717) is 11.3 Å². The number of rotatable bonds is 8. The predicted octanol–water partition coefficient (Wildman–Crippen LogP) is 3.18. The molecule has 154 valence electrons. The number of amides is 3. The van der Waals surface area contributed by atoms with Gasteiger partial charge in [0, 0.05) is 37.2 Å². The van der Waals surface area contributed by atoms with E-state index in [1.165, 1.54) is 0 Å². The summed E-state index contributed by atoms with van der Waals surface area (Å²) >= 11 is 0. The van der Waals surface area contributed by atoms with Crippen molar-refractivity contribution in [3.63, 3.8) is 0 Å². The van der Waals surface area contributed by atoms with Crippen LogP contribution in [0.3, 0.4) is 0 Å². The molecule has 3 amide bonds. The van der Waals surface area contributed by atoms with Crippen LogP contribution >= 0.6 is 0 Å². The van der Waals surface area contributed by atoms with Crippen molar-refractivity contribution < 1.29 is 14.4 Å². The van der Waals surface area contributed by atoms with Gasteiger partial charge >= 0.3 is 0 Å². The first-order valence-electron chi connectivity index (χ1n) is 9.86. The van der Waals surface area contributed by atoms with E-state index in [-0.39, 0.29) is 37.7 Å². The second-order valence-electron chi connectivity index (χ2n) is 7.17. The van der Waals surface area contributed by atoms with E-state index in [0.717, 1.165) is 16.3 Å². The Bertz CT molecular complexity index is 1080. The molecule has 3 aromatic rings. The number of benzene rings is 3. The van der Waals surface area contributed by atoms with E-state index in [1.54, 1.807) is 11.0 Å². The highest BCUT2D eigenvalue weighted by molar-refractivity contribution is 5.99. The molecule has 0 fully saturated rings. The number of fused-ring (bicyclic) bond motifs is 1. The number of nitrogens with two attached hydrogens (primary N) is 1. The molecule has 0 saturated heterocycles. The topological polar surface area (TPSA) is 92.5 Å². The molecule has 0 heterocycles.